The monoisotopic (exact) mass is 368 g/mol. The van der Waals surface area contributed by atoms with Crippen LogP contribution in [0.15, 0.2) is 45.6 Å². The molecule has 0 radical (unpaired) electrons. The molecule has 0 bridgehead atoms. The number of hydrogen-bond acceptors (Lipinski definition) is 4. The van der Waals surface area contributed by atoms with Gasteiger partial charge in [-0.05, 0) is 56.4 Å². The molecule has 7 heteroatoms. The number of nitrogens with zero attached hydrogens (tertiary/aromatic N) is 1. The van der Waals surface area contributed by atoms with Crippen molar-refractivity contribution in [1.29, 1.82) is 0 Å². The molecule has 0 saturated carbocycles. The number of halogens is 1. The molecular weight excluding hydrogens is 352 g/mol. The lowest BCUT2D eigenvalue weighted by molar-refractivity contribution is 0.414. The van der Waals surface area contributed by atoms with Crippen LogP contribution in [0.5, 0.6) is 0 Å². The average Bonchev–Trinajstić information content (AvgIpc) is 3.06. The third kappa shape index (κ3) is 3.30. The molecule has 0 amide bonds. The summed E-state index contributed by atoms with van der Waals surface area (Å²) in [6, 6.07) is 8.04. The summed E-state index contributed by atoms with van der Waals surface area (Å²) in [5.41, 5.74) is 1.14. The van der Waals surface area contributed by atoms with Crippen LogP contribution in [-0.2, 0) is 16.3 Å². The van der Waals surface area contributed by atoms with Crippen LogP contribution in [0.4, 0.5) is 0 Å². The maximum Gasteiger partial charge on any atom is 0.216 e. The van der Waals surface area contributed by atoms with Gasteiger partial charge in [0.25, 0.3) is 0 Å². The van der Waals surface area contributed by atoms with E-state index in [2.05, 4.69) is 9.88 Å². The fourth-order valence-electron chi connectivity index (χ4n) is 2.36. The Labute approximate surface area is 144 Å². The SMILES string of the molecule is CN(C)CCc1c[nH]c2sc(S(=O)(=O)c3ccc(Cl)cc3)cc12. The summed E-state index contributed by atoms with van der Waals surface area (Å²) in [6.07, 6.45) is 2.84. The number of likely N-dealkylation sites (N-methyl/N-ethyl adjacent to an activating group) is 1. The summed E-state index contributed by atoms with van der Waals surface area (Å²) in [5.74, 6) is 0. The van der Waals surface area contributed by atoms with Gasteiger partial charge < -0.3 is 9.88 Å². The van der Waals surface area contributed by atoms with Crippen molar-refractivity contribution in [2.24, 2.45) is 0 Å². The highest BCUT2D eigenvalue weighted by Gasteiger charge is 2.22. The number of rotatable bonds is 5. The Hall–Kier alpha value is -1.34. The largest absolute Gasteiger partial charge is 0.353 e. The summed E-state index contributed by atoms with van der Waals surface area (Å²) >= 11 is 7.10. The number of benzene rings is 1. The highest BCUT2D eigenvalue weighted by atomic mass is 35.5. The Balaban J connectivity index is 1.98. The molecule has 23 heavy (non-hydrogen) atoms. The predicted molar refractivity (Wildman–Crippen MR) is 95.3 cm³/mol. The smallest absolute Gasteiger partial charge is 0.216 e. The van der Waals surface area contributed by atoms with Gasteiger partial charge in [0.1, 0.15) is 9.04 Å². The van der Waals surface area contributed by atoms with Crippen LogP contribution in [0.1, 0.15) is 5.56 Å². The van der Waals surface area contributed by atoms with E-state index in [1.807, 2.05) is 20.3 Å². The second-order valence-electron chi connectivity index (χ2n) is 5.63. The van der Waals surface area contributed by atoms with Gasteiger partial charge in [-0.2, -0.15) is 0 Å². The zero-order valence-electron chi connectivity index (χ0n) is 12.8. The fraction of sp³-hybridized carbons (Fsp3) is 0.250. The number of aromatic amines is 1. The number of thiophene rings is 1. The number of fused-ring (bicyclic) bond motifs is 1. The van der Waals surface area contributed by atoms with Gasteiger partial charge in [-0.15, -0.1) is 11.3 Å². The molecule has 0 spiro atoms. The van der Waals surface area contributed by atoms with Crippen LogP contribution >= 0.6 is 22.9 Å². The molecule has 0 unspecified atom stereocenters. The molecule has 2 heterocycles. The molecule has 0 aliphatic rings. The summed E-state index contributed by atoms with van der Waals surface area (Å²) in [7, 11) is 0.537. The maximum absolute atomic E-state index is 12.7. The average molecular weight is 369 g/mol. The fourth-order valence-corrected chi connectivity index (χ4v) is 5.26. The van der Waals surface area contributed by atoms with E-state index >= 15 is 0 Å². The highest BCUT2D eigenvalue weighted by Crippen LogP contribution is 2.34. The van der Waals surface area contributed by atoms with Crippen LogP contribution in [0.2, 0.25) is 5.02 Å². The summed E-state index contributed by atoms with van der Waals surface area (Å²) in [6.45, 7) is 0.919. The highest BCUT2D eigenvalue weighted by molar-refractivity contribution is 7.93. The van der Waals surface area contributed by atoms with Gasteiger partial charge in [0.2, 0.25) is 9.84 Å². The van der Waals surface area contributed by atoms with E-state index in [4.69, 9.17) is 11.6 Å². The molecule has 0 aliphatic heterocycles. The number of H-pyrrole nitrogens is 1. The minimum absolute atomic E-state index is 0.264. The Kier molecular flexibility index (Phi) is 4.51. The van der Waals surface area contributed by atoms with Crippen LogP contribution < -0.4 is 0 Å². The molecule has 122 valence electrons. The number of hydrogen-bond donors (Lipinski definition) is 1. The van der Waals surface area contributed by atoms with E-state index in [-0.39, 0.29) is 4.90 Å². The van der Waals surface area contributed by atoms with Crippen molar-refractivity contribution in [3.8, 4) is 0 Å². The van der Waals surface area contributed by atoms with E-state index in [0.717, 1.165) is 28.7 Å². The van der Waals surface area contributed by atoms with Gasteiger partial charge in [0.15, 0.2) is 0 Å². The topological polar surface area (TPSA) is 53.2 Å². The summed E-state index contributed by atoms with van der Waals surface area (Å²) in [5, 5.41) is 1.51. The minimum Gasteiger partial charge on any atom is -0.353 e. The van der Waals surface area contributed by atoms with Crippen molar-refractivity contribution >= 4 is 43.0 Å². The van der Waals surface area contributed by atoms with Gasteiger partial charge in [0, 0.05) is 23.2 Å². The Morgan fingerprint density at radius 2 is 1.91 bits per heavy atom. The predicted octanol–water partition coefficient (Wildman–Crippen LogP) is 3.82. The Bertz CT molecular complexity index is 925. The normalized spacial score (nSPS) is 12.3. The van der Waals surface area contributed by atoms with E-state index in [1.165, 1.54) is 11.3 Å². The van der Waals surface area contributed by atoms with Crippen LogP contribution in [-0.4, -0.2) is 38.9 Å². The van der Waals surface area contributed by atoms with Crippen molar-refractivity contribution < 1.29 is 8.42 Å². The molecule has 0 atom stereocenters. The van der Waals surface area contributed by atoms with Gasteiger partial charge >= 0.3 is 0 Å². The molecule has 1 N–H and O–H groups in total. The molecule has 3 aromatic rings. The Morgan fingerprint density at radius 1 is 1.22 bits per heavy atom. The van der Waals surface area contributed by atoms with Gasteiger partial charge in [-0.25, -0.2) is 8.42 Å². The van der Waals surface area contributed by atoms with E-state index in [9.17, 15) is 8.42 Å². The standard InChI is InChI=1S/C16H17ClN2O2S2/c1-19(2)8-7-11-10-18-16-14(11)9-15(22-16)23(20,21)13-5-3-12(17)4-6-13/h3-6,9-10,18H,7-8H2,1-2H3. The zero-order valence-corrected chi connectivity index (χ0v) is 15.2. The molecule has 0 aliphatic carbocycles. The van der Waals surface area contributed by atoms with Gasteiger partial charge in [0.05, 0.1) is 4.90 Å². The number of nitrogens with one attached hydrogen (secondary N) is 1. The first-order valence-corrected chi connectivity index (χ1v) is 9.81. The van der Waals surface area contributed by atoms with E-state index < -0.39 is 9.84 Å². The van der Waals surface area contributed by atoms with Crippen LogP contribution in [0.3, 0.4) is 0 Å². The molecule has 2 aromatic heterocycles. The molecular formula is C16H17ClN2O2S2. The minimum atomic E-state index is -3.51. The van der Waals surface area contributed by atoms with Crippen molar-refractivity contribution in [3.63, 3.8) is 0 Å². The second-order valence-corrected chi connectivity index (χ2v) is 9.30. The van der Waals surface area contributed by atoms with E-state index in [1.54, 1.807) is 30.3 Å². The third-order valence-corrected chi connectivity index (χ3v) is 7.21. The Morgan fingerprint density at radius 3 is 2.57 bits per heavy atom. The van der Waals surface area contributed by atoms with Crippen LogP contribution in [0, 0.1) is 0 Å². The zero-order chi connectivity index (χ0) is 16.6. The molecule has 3 rings (SSSR count). The van der Waals surface area contributed by atoms with Crippen molar-refractivity contribution in [2.45, 2.75) is 15.5 Å². The third-order valence-electron chi connectivity index (χ3n) is 3.65. The van der Waals surface area contributed by atoms with Crippen molar-refractivity contribution in [3.05, 3.63) is 47.1 Å². The van der Waals surface area contributed by atoms with E-state index in [0.29, 0.717) is 9.23 Å². The van der Waals surface area contributed by atoms with Crippen LogP contribution in [0.25, 0.3) is 10.2 Å². The first kappa shape index (κ1) is 16.5. The van der Waals surface area contributed by atoms with Crippen molar-refractivity contribution in [2.75, 3.05) is 20.6 Å². The summed E-state index contributed by atoms with van der Waals surface area (Å²) in [4.78, 5) is 6.45. The number of aromatic nitrogens is 1. The summed E-state index contributed by atoms with van der Waals surface area (Å²) < 4.78 is 25.8. The first-order valence-electron chi connectivity index (χ1n) is 7.13. The lowest BCUT2D eigenvalue weighted by atomic mass is 10.2. The van der Waals surface area contributed by atoms with Gasteiger partial charge in [-0.3, -0.25) is 0 Å². The maximum atomic E-state index is 12.7. The first-order chi connectivity index (χ1) is 10.9. The molecule has 0 saturated heterocycles. The number of sulfone groups is 1. The molecule has 1 aromatic carbocycles. The quantitative estimate of drug-likeness (QED) is 0.744. The lowest BCUT2D eigenvalue weighted by Gasteiger charge is -2.07. The van der Waals surface area contributed by atoms with Crippen molar-refractivity contribution in [1.82, 2.24) is 9.88 Å². The molecule has 4 nitrogen and oxygen atoms in total. The lowest BCUT2D eigenvalue weighted by Crippen LogP contribution is -2.14. The van der Waals surface area contributed by atoms with Gasteiger partial charge in [-0.1, -0.05) is 11.6 Å². The second kappa shape index (κ2) is 6.28. The molecule has 0 fully saturated rings.